The van der Waals surface area contributed by atoms with E-state index in [4.69, 9.17) is 20.6 Å². The first-order valence-electron chi connectivity index (χ1n) is 7.65. The van der Waals surface area contributed by atoms with Crippen LogP contribution in [-0.2, 0) is 4.74 Å². The lowest BCUT2D eigenvalue weighted by atomic mass is 9.99. The first-order valence-corrected chi connectivity index (χ1v) is 7.65. The van der Waals surface area contributed by atoms with Crippen LogP contribution in [0, 0.1) is 5.41 Å². The van der Waals surface area contributed by atoms with Crippen molar-refractivity contribution in [2.24, 2.45) is 0 Å². The monoisotopic (exact) mass is 328 g/mol. The molecule has 0 saturated heterocycles. The molecular weight excluding hydrogens is 304 g/mol. The minimum absolute atomic E-state index is 0.0901. The lowest BCUT2D eigenvalue weighted by Gasteiger charge is -2.19. The van der Waals surface area contributed by atoms with Crippen LogP contribution in [-0.4, -0.2) is 37.6 Å². The van der Waals surface area contributed by atoms with Crippen molar-refractivity contribution in [3.63, 3.8) is 0 Å². The number of allylic oxidation sites excluding steroid dienone is 1. The molecule has 6 nitrogen and oxygen atoms in total. The molecule has 0 radical (unpaired) electrons. The van der Waals surface area contributed by atoms with Crippen LogP contribution in [0.5, 0.6) is 5.75 Å². The average Bonchev–Trinajstić information content (AvgIpc) is 2.55. The van der Waals surface area contributed by atoms with E-state index in [9.17, 15) is 0 Å². The summed E-state index contributed by atoms with van der Waals surface area (Å²) >= 11 is 0. The van der Waals surface area contributed by atoms with Crippen LogP contribution in [0.4, 0.5) is 11.4 Å². The molecule has 2 rings (SSSR count). The molecule has 0 unspecified atom stereocenters. The third-order valence-corrected chi connectivity index (χ3v) is 3.80. The molecule has 1 aromatic heterocycles. The van der Waals surface area contributed by atoms with Gasteiger partial charge in [-0.05, 0) is 31.6 Å². The second-order valence-electron chi connectivity index (χ2n) is 5.76. The maximum absolute atomic E-state index is 7.81. The van der Waals surface area contributed by atoms with Gasteiger partial charge in [-0.25, -0.2) is 0 Å². The zero-order chi connectivity index (χ0) is 17.9. The Kier molecular flexibility index (Phi) is 5.41. The van der Waals surface area contributed by atoms with Crippen molar-refractivity contribution in [1.82, 2.24) is 4.98 Å². The Morgan fingerprint density at radius 3 is 2.71 bits per heavy atom. The van der Waals surface area contributed by atoms with Gasteiger partial charge in [0.25, 0.3) is 0 Å². The number of rotatable bonds is 7. The van der Waals surface area contributed by atoms with Gasteiger partial charge in [-0.2, -0.15) is 0 Å². The predicted molar refractivity (Wildman–Crippen MR) is 100 cm³/mol. The van der Waals surface area contributed by atoms with Crippen LogP contribution in [0.3, 0.4) is 0 Å². The molecule has 128 valence electrons. The highest BCUT2D eigenvalue weighted by molar-refractivity contribution is 6.21. The number of nitrogen functional groups attached to an aromatic ring is 1. The lowest BCUT2D eigenvalue weighted by molar-refractivity contribution is 0.190. The number of nitrogens with two attached hydrogens (primary N) is 1. The van der Waals surface area contributed by atoms with E-state index >= 15 is 0 Å². The van der Waals surface area contributed by atoms with E-state index in [-0.39, 0.29) is 6.04 Å². The minimum Gasteiger partial charge on any atom is -0.496 e. The maximum atomic E-state index is 7.81. The number of benzene rings is 1. The van der Waals surface area contributed by atoms with Gasteiger partial charge < -0.3 is 25.9 Å². The smallest absolute Gasteiger partial charge is 0.127 e. The summed E-state index contributed by atoms with van der Waals surface area (Å²) in [5.41, 5.74) is 9.97. The van der Waals surface area contributed by atoms with E-state index in [1.807, 2.05) is 19.1 Å². The van der Waals surface area contributed by atoms with Gasteiger partial charge in [0.05, 0.1) is 36.8 Å². The number of anilines is 2. The van der Waals surface area contributed by atoms with Gasteiger partial charge in [0.1, 0.15) is 5.75 Å². The summed E-state index contributed by atoms with van der Waals surface area (Å²) in [6.45, 7) is 8.23. The van der Waals surface area contributed by atoms with E-state index in [1.54, 1.807) is 27.3 Å². The molecule has 4 N–H and O–H groups in total. The fourth-order valence-electron chi connectivity index (χ4n) is 2.54. The summed E-state index contributed by atoms with van der Waals surface area (Å²) in [5.74, 6) is 0.633. The number of hydrogen-bond acceptors (Lipinski definition) is 6. The zero-order valence-corrected chi connectivity index (χ0v) is 14.6. The number of hydrogen-bond donors (Lipinski definition) is 3. The van der Waals surface area contributed by atoms with Gasteiger partial charge in [-0.15, -0.1) is 0 Å². The van der Waals surface area contributed by atoms with Crippen LogP contribution in [0.25, 0.3) is 16.5 Å². The standard InChI is InChI=1S/C18H24N4O2/c1-10(9-23-4)22-18-14-7-17(24-5)13(11(2)12(3)19)6-16(14)21-8-15(18)20/h6-8,10,19H,2,9,20H2,1,3-5H3,(H,21,22)/t10-/m1/s1. The second-order valence-corrected chi connectivity index (χ2v) is 5.76. The van der Waals surface area contributed by atoms with Gasteiger partial charge in [-0.1, -0.05) is 6.58 Å². The van der Waals surface area contributed by atoms with Crippen molar-refractivity contribution in [3.05, 3.63) is 30.5 Å². The maximum Gasteiger partial charge on any atom is 0.127 e. The minimum atomic E-state index is 0.0901. The molecule has 0 bridgehead atoms. The molecule has 6 heteroatoms. The van der Waals surface area contributed by atoms with Gasteiger partial charge >= 0.3 is 0 Å². The molecule has 0 fully saturated rings. The highest BCUT2D eigenvalue weighted by Crippen LogP contribution is 2.36. The largest absolute Gasteiger partial charge is 0.496 e. The number of nitrogens with one attached hydrogen (secondary N) is 2. The summed E-state index contributed by atoms with van der Waals surface area (Å²) in [7, 11) is 3.25. The van der Waals surface area contributed by atoms with Crippen LogP contribution < -0.4 is 15.8 Å². The fraction of sp³-hybridized carbons (Fsp3) is 0.333. The first kappa shape index (κ1) is 17.7. The van der Waals surface area contributed by atoms with E-state index in [0.29, 0.717) is 29.3 Å². The summed E-state index contributed by atoms with van der Waals surface area (Å²) < 4.78 is 10.7. The Bertz CT molecular complexity index is 786. The van der Waals surface area contributed by atoms with Gasteiger partial charge in [0, 0.05) is 29.8 Å². The van der Waals surface area contributed by atoms with E-state index in [1.165, 1.54) is 0 Å². The number of pyridine rings is 1. The number of fused-ring (bicyclic) bond motifs is 1. The normalized spacial score (nSPS) is 12.0. The highest BCUT2D eigenvalue weighted by Gasteiger charge is 2.15. The third kappa shape index (κ3) is 3.49. The van der Waals surface area contributed by atoms with Crippen molar-refractivity contribution < 1.29 is 9.47 Å². The van der Waals surface area contributed by atoms with Crippen LogP contribution in [0.15, 0.2) is 24.9 Å². The third-order valence-electron chi connectivity index (χ3n) is 3.80. The molecule has 2 aromatic rings. The summed E-state index contributed by atoms with van der Waals surface area (Å²) in [4.78, 5) is 4.41. The number of methoxy groups -OCH3 is 2. The SMILES string of the molecule is C=C(C(C)=N)c1cc2ncc(N)c(N[C@H](C)COC)c2cc1OC. The van der Waals surface area contributed by atoms with Crippen molar-refractivity contribution in [1.29, 1.82) is 5.41 Å². The van der Waals surface area contributed by atoms with Crippen LogP contribution in [0.1, 0.15) is 19.4 Å². The van der Waals surface area contributed by atoms with Gasteiger partial charge in [0.15, 0.2) is 0 Å². The van der Waals surface area contributed by atoms with Crippen molar-refractivity contribution in [2.45, 2.75) is 19.9 Å². The predicted octanol–water partition coefficient (Wildman–Crippen LogP) is 3.33. The molecule has 0 aliphatic heterocycles. The fourth-order valence-corrected chi connectivity index (χ4v) is 2.54. The second kappa shape index (κ2) is 7.31. The Morgan fingerprint density at radius 1 is 1.42 bits per heavy atom. The highest BCUT2D eigenvalue weighted by atomic mass is 16.5. The summed E-state index contributed by atoms with van der Waals surface area (Å²) in [6, 6.07) is 3.84. The van der Waals surface area contributed by atoms with E-state index in [2.05, 4.69) is 16.9 Å². The van der Waals surface area contributed by atoms with Crippen LogP contribution in [0.2, 0.25) is 0 Å². The van der Waals surface area contributed by atoms with Gasteiger partial charge in [0.2, 0.25) is 0 Å². The molecule has 0 saturated carbocycles. The van der Waals surface area contributed by atoms with Gasteiger partial charge in [-0.3, -0.25) is 4.98 Å². The molecule has 24 heavy (non-hydrogen) atoms. The van der Waals surface area contributed by atoms with Crippen molar-refractivity contribution >= 4 is 33.6 Å². The molecule has 1 heterocycles. The molecular formula is C18H24N4O2. The molecule has 0 aliphatic carbocycles. The van der Waals surface area contributed by atoms with E-state index in [0.717, 1.165) is 22.2 Å². The Labute approximate surface area is 142 Å². The van der Waals surface area contributed by atoms with Crippen LogP contribution >= 0.6 is 0 Å². The molecule has 0 amide bonds. The Balaban J connectivity index is 2.62. The topological polar surface area (TPSA) is 93.3 Å². The first-order chi connectivity index (χ1) is 11.4. The molecule has 0 aliphatic rings. The molecule has 0 spiro atoms. The number of aromatic nitrogens is 1. The number of nitrogens with zero attached hydrogens (tertiary/aromatic N) is 1. The summed E-state index contributed by atoms with van der Waals surface area (Å²) in [5, 5.41) is 12.0. The average molecular weight is 328 g/mol. The van der Waals surface area contributed by atoms with E-state index < -0.39 is 0 Å². The lowest BCUT2D eigenvalue weighted by Crippen LogP contribution is -2.21. The zero-order valence-electron chi connectivity index (χ0n) is 14.6. The quantitative estimate of drug-likeness (QED) is 0.678. The summed E-state index contributed by atoms with van der Waals surface area (Å²) in [6.07, 6.45) is 1.63. The van der Waals surface area contributed by atoms with Crippen molar-refractivity contribution in [2.75, 3.05) is 31.9 Å². The molecule has 1 atom stereocenters. The van der Waals surface area contributed by atoms with Crippen molar-refractivity contribution in [3.8, 4) is 5.75 Å². The number of ether oxygens (including phenoxy) is 2. The molecule has 1 aromatic carbocycles. The Hall–Kier alpha value is -2.60. The Morgan fingerprint density at radius 2 is 2.12 bits per heavy atom.